The molecule has 0 saturated heterocycles. The number of hydrogen-bond donors (Lipinski definition) is 0. The Balaban J connectivity index is 1.70. The second-order valence-electron chi connectivity index (χ2n) is 8.19. The number of hydrogen-bond acceptors (Lipinski definition) is 2. The molecule has 0 bridgehead atoms. The number of methoxy groups -OCH3 is 1. The van der Waals surface area contributed by atoms with Crippen LogP contribution in [0.5, 0.6) is 5.75 Å². The van der Waals surface area contributed by atoms with Gasteiger partial charge in [0.15, 0.2) is 0 Å². The van der Waals surface area contributed by atoms with Crippen molar-refractivity contribution in [2.24, 2.45) is 0 Å². The number of carbonyl (C=O) groups excluding carboxylic acids is 1. The highest BCUT2D eigenvalue weighted by Gasteiger charge is 2.34. The molecule has 5 rings (SSSR count). The summed E-state index contributed by atoms with van der Waals surface area (Å²) in [7, 11) is 1.69. The zero-order chi connectivity index (χ0) is 21.4. The molecule has 1 atom stereocenters. The Bertz CT molecular complexity index is 1280. The summed E-state index contributed by atoms with van der Waals surface area (Å²) in [5.74, 6) is 0.921. The van der Waals surface area contributed by atoms with Crippen molar-refractivity contribution in [2.75, 3.05) is 12.0 Å². The van der Waals surface area contributed by atoms with E-state index >= 15 is 0 Å². The second kappa shape index (κ2) is 7.92. The standard InChI is InChI=1S/C28H25NO2/c1-19-8-7-9-20(16-19)18-29-25-15-14-21-10-3-4-11-22(21)28(25)24(17-27(29)30)23-12-5-6-13-26(23)31-2/h3-16,24H,17-18H2,1-2H3. The minimum absolute atomic E-state index is 0.0430. The van der Waals surface area contributed by atoms with Crippen molar-refractivity contribution >= 4 is 22.4 Å². The molecule has 0 spiro atoms. The Morgan fingerprint density at radius 2 is 1.74 bits per heavy atom. The van der Waals surface area contributed by atoms with Crippen LogP contribution >= 0.6 is 0 Å². The molecule has 0 radical (unpaired) electrons. The molecule has 0 aromatic heterocycles. The first-order chi connectivity index (χ1) is 15.2. The molecular formula is C28H25NO2. The Morgan fingerprint density at radius 1 is 0.935 bits per heavy atom. The number of ether oxygens (including phenoxy) is 1. The molecule has 1 aliphatic rings. The molecule has 0 N–H and O–H groups in total. The highest BCUT2D eigenvalue weighted by molar-refractivity contribution is 6.03. The predicted molar refractivity (Wildman–Crippen MR) is 126 cm³/mol. The molecule has 1 heterocycles. The van der Waals surface area contributed by atoms with E-state index in [0.717, 1.165) is 22.6 Å². The average molecular weight is 408 g/mol. The van der Waals surface area contributed by atoms with Crippen LogP contribution in [0.15, 0.2) is 84.9 Å². The molecule has 3 heteroatoms. The number of anilines is 1. The third-order valence-corrected chi connectivity index (χ3v) is 6.20. The molecule has 1 amide bonds. The van der Waals surface area contributed by atoms with Gasteiger partial charge in [-0.05, 0) is 41.0 Å². The Morgan fingerprint density at radius 3 is 2.58 bits per heavy atom. The van der Waals surface area contributed by atoms with Crippen LogP contribution in [0.4, 0.5) is 5.69 Å². The molecule has 4 aromatic rings. The third-order valence-electron chi connectivity index (χ3n) is 6.20. The van der Waals surface area contributed by atoms with E-state index in [4.69, 9.17) is 4.74 Å². The van der Waals surface area contributed by atoms with Crippen LogP contribution in [-0.2, 0) is 11.3 Å². The second-order valence-corrected chi connectivity index (χ2v) is 8.19. The largest absolute Gasteiger partial charge is 0.496 e. The SMILES string of the molecule is COc1ccccc1C1CC(=O)N(Cc2cccc(C)c2)c2ccc3ccccc3c21. The number of para-hydroxylation sites is 1. The number of fused-ring (bicyclic) bond motifs is 3. The fourth-order valence-electron chi connectivity index (χ4n) is 4.79. The van der Waals surface area contributed by atoms with Crippen LogP contribution in [0.3, 0.4) is 0 Å². The summed E-state index contributed by atoms with van der Waals surface area (Å²) in [5, 5.41) is 2.38. The molecule has 0 fully saturated rings. The number of rotatable bonds is 4. The van der Waals surface area contributed by atoms with Crippen molar-refractivity contribution in [1.82, 2.24) is 0 Å². The highest BCUT2D eigenvalue weighted by atomic mass is 16.5. The summed E-state index contributed by atoms with van der Waals surface area (Å²) in [4.78, 5) is 15.4. The van der Waals surface area contributed by atoms with Gasteiger partial charge in [-0.25, -0.2) is 0 Å². The Labute approximate surface area is 182 Å². The van der Waals surface area contributed by atoms with Crippen LogP contribution in [0.2, 0.25) is 0 Å². The van der Waals surface area contributed by atoms with Crippen LogP contribution in [-0.4, -0.2) is 13.0 Å². The fourth-order valence-corrected chi connectivity index (χ4v) is 4.79. The van der Waals surface area contributed by atoms with Crippen molar-refractivity contribution in [3.8, 4) is 5.75 Å². The maximum Gasteiger partial charge on any atom is 0.228 e. The van der Waals surface area contributed by atoms with Crippen LogP contribution < -0.4 is 9.64 Å². The number of aryl methyl sites for hydroxylation is 1. The molecular weight excluding hydrogens is 382 g/mol. The summed E-state index contributed by atoms with van der Waals surface area (Å²) in [6, 6.07) is 29.1. The van der Waals surface area contributed by atoms with Gasteiger partial charge in [0.2, 0.25) is 5.91 Å². The van der Waals surface area contributed by atoms with Gasteiger partial charge in [-0.2, -0.15) is 0 Å². The zero-order valence-corrected chi connectivity index (χ0v) is 17.8. The van der Waals surface area contributed by atoms with Gasteiger partial charge < -0.3 is 9.64 Å². The van der Waals surface area contributed by atoms with Gasteiger partial charge in [-0.3, -0.25) is 4.79 Å². The van der Waals surface area contributed by atoms with E-state index in [9.17, 15) is 4.79 Å². The zero-order valence-electron chi connectivity index (χ0n) is 17.8. The van der Waals surface area contributed by atoms with Crippen molar-refractivity contribution in [3.63, 3.8) is 0 Å². The van der Waals surface area contributed by atoms with Crippen molar-refractivity contribution < 1.29 is 9.53 Å². The molecule has 4 aromatic carbocycles. The quantitative estimate of drug-likeness (QED) is 0.402. The van der Waals surface area contributed by atoms with E-state index in [0.29, 0.717) is 13.0 Å². The van der Waals surface area contributed by atoms with E-state index in [1.54, 1.807) is 7.11 Å². The van der Waals surface area contributed by atoms with E-state index in [1.165, 1.54) is 21.9 Å². The van der Waals surface area contributed by atoms with Crippen LogP contribution in [0.25, 0.3) is 10.8 Å². The number of carbonyl (C=O) groups is 1. The first-order valence-electron chi connectivity index (χ1n) is 10.7. The first-order valence-corrected chi connectivity index (χ1v) is 10.7. The lowest BCUT2D eigenvalue weighted by molar-refractivity contribution is -0.119. The Hall–Kier alpha value is -3.59. The normalized spacial score (nSPS) is 15.7. The minimum Gasteiger partial charge on any atom is -0.496 e. The summed E-state index contributed by atoms with van der Waals surface area (Å²) in [6.07, 6.45) is 0.424. The summed E-state index contributed by atoms with van der Waals surface area (Å²) >= 11 is 0. The summed E-state index contributed by atoms with van der Waals surface area (Å²) in [5.41, 5.74) is 5.60. The van der Waals surface area contributed by atoms with Gasteiger partial charge in [0.1, 0.15) is 5.75 Å². The van der Waals surface area contributed by atoms with Gasteiger partial charge in [0.05, 0.1) is 13.7 Å². The molecule has 1 aliphatic heterocycles. The van der Waals surface area contributed by atoms with E-state index in [1.807, 2.05) is 23.1 Å². The third kappa shape index (κ3) is 3.46. The summed E-state index contributed by atoms with van der Waals surface area (Å²) < 4.78 is 5.67. The smallest absolute Gasteiger partial charge is 0.228 e. The fraction of sp³-hybridized carbons (Fsp3) is 0.179. The maximum atomic E-state index is 13.5. The lowest BCUT2D eigenvalue weighted by Gasteiger charge is -2.36. The first kappa shape index (κ1) is 19.4. The monoisotopic (exact) mass is 407 g/mol. The topological polar surface area (TPSA) is 29.5 Å². The molecule has 3 nitrogen and oxygen atoms in total. The Kier molecular flexibility index (Phi) is 4.95. The van der Waals surface area contributed by atoms with Gasteiger partial charge in [0.25, 0.3) is 0 Å². The van der Waals surface area contributed by atoms with E-state index in [2.05, 4.69) is 73.7 Å². The highest BCUT2D eigenvalue weighted by Crippen LogP contribution is 2.46. The number of nitrogens with zero attached hydrogens (tertiary/aromatic N) is 1. The average Bonchev–Trinajstić information content (AvgIpc) is 2.80. The number of benzene rings is 4. The van der Waals surface area contributed by atoms with Gasteiger partial charge in [0, 0.05) is 23.6 Å². The lowest BCUT2D eigenvalue weighted by atomic mass is 9.80. The lowest BCUT2D eigenvalue weighted by Crippen LogP contribution is -2.36. The van der Waals surface area contributed by atoms with Crippen molar-refractivity contribution in [3.05, 3.63) is 107 Å². The maximum absolute atomic E-state index is 13.5. The summed E-state index contributed by atoms with van der Waals surface area (Å²) in [6.45, 7) is 2.66. The molecule has 31 heavy (non-hydrogen) atoms. The van der Waals surface area contributed by atoms with Gasteiger partial charge >= 0.3 is 0 Å². The molecule has 154 valence electrons. The number of amides is 1. The van der Waals surface area contributed by atoms with Gasteiger partial charge in [-0.15, -0.1) is 0 Å². The molecule has 1 unspecified atom stereocenters. The van der Waals surface area contributed by atoms with Crippen molar-refractivity contribution in [2.45, 2.75) is 25.8 Å². The van der Waals surface area contributed by atoms with Crippen LogP contribution in [0, 0.1) is 6.92 Å². The van der Waals surface area contributed by atoms with E-state index in [-0.39, 0.29) is 11.8 Å². The molecule has 0 saturated carbocycles. The predicted octanol–water partition coefficient (Wildman–Crippen LogP) is 6.23. The van der Waals surface area contributed by atoms with Gasteiger partial charge in [-0.1, -0.05) is 78.4 Å². The molecule has 0 aliphatic carbocycles. The minimum atomic E-state index is -0.0430. The van der Waals surface area contributed by atoms with Crippen LogP contribution in [0.1, 0.15) is 34.6 Å². The van der Waals surface area contributed by atoms with E-state index < -0.39 is 0 Å². The van der Waals surface area contributed by atoms with Crippen molar-refractivity contribution in [1.29, 1.82) is 0 Å².